The summed E-state index contributed by atoms with van der Waals surface area (Å²) in [6.45, 7) is 0. The van der Waals surface area contributed by atoms with Crippen LogP contribution in [-0.2, 0) is 21.1 Å². The minimum absolute atomic E-state index is 0. The average molecular weight is 578 g/mol. The van der Waals surface area contributed by atoms with Gasteiger partial charge in [0.25, 0.3) is 0 Å². The zero-order valence-corrected chi connectivity index (χ0v) is 18.9. The normalized spacial score (nSPS) is 11.4. The summed E-state index contributed by atoms with van der Waals surface area (Å²) in [5.74, 6) is 0. The molecule has 0 aromatic heterocycles. The molecule has 0 aliphatic rings. The van der Waals surface area contributed by atoms with E-state index < -0.39 is 0 Å². The Bertz CT molecular complexity index is 1290. The molecule has 0 heterocycles. The molecule has 2 nitrogen and oxygen atoms in total. The molecule has 0 fully saturated rings. The van der Waals surface area contributed by atoms with Gasteiger partial charge in [-0.2, -0.15) is 0 Å². The smallest absolute Gasteiger partial charge is 0.302 e. The summed E-state index contributed by atoms with van der Waals surface area (Å²) in [5, 5.41) is 4.70. The first-order valence-electron chi connectivity index (χ1n) is 9.83. The second kappa shape index (κ2) is 9.64. The van der Waals surface area contributed by atoms with E-state index in [1.165, 1.54) is 21.5 Å². The summed E-state index contributed by atoms with van der Waals surface area (Å²) >= 11 is 0. The Morgan fingerprint density at radius 3 is 1.35 bits per heavy atom. The Labute approximate surface area is 196 Å². The maximum atomic E-state index is 4.67. The number of rotatable bonds is 4. The largest absolute Gasteiger partial charge is 2.00 e. The van der Waals surface area contributed by atoms with E-state index in [0.717, 1.165) is 22.5 Å². The first-order valence-corrected chi connectivity index (χ1v) is 9.83. The van der Waals surface area contributed by atoms with Gasteiger partial charge in [-0.15, -0.1) is 58.3 Å². The first-order chi connectivity index (χ1) is 14.8. The monoisotopic (exact) mass is 577 g/mol. The minimum atomic E-state index is 0. The maximum Gasteiger partial charge on any atom is 2.00 e. The molecule has 5 aromatic rings. The molecule has 0 N–H and O–H groups in total. The number of para-hydroxylation sites is 2. The van der Waals surface area contributed by atoms with Crippen LogP contribution in [0, 0.1) is 12.1 Å². The van der Waals surface area contributed by atoms with E-state index in [4.69, 9.17) is 0 Å². The minimum Gasteiger partial charge on any atom is -0.302 e. The summed E-state index contributed by atoms with van der Waals surface area (Å²) in [7, 11) is 0. The SMILES string of the molecule is [Pt+2].[c-]1cc2ccccc2cc1C=Nc1ccccc1N=Cc1[c-]cc2ccccc2c1. The number of nitrogens with zero attached hydrogens (tertiary/aromatic N) is 2. The molecular formula is C28H18N2Pt. The van der Waals surface area contributed by atoms with Crippen molar-refractivity contribution in [2.75, 3.05) is 0 Å². The van der Waals surface area contributed by atoms with Gasteiger partial charge in [-0.3, -0.25) is 0 Å². The third-order valence-corrected chi connectivity index (χ3v) is 4.97. The van der Waals surface area contributed by atoms with Gasteiger partial charge in [0.15, 0.2) is 0 Å². The zero-order chi connectivity index (χ0) is 20.2. The third-order valence-electron chi connectivity index (χ3n) is 4.97. The average Bonchev–Trinajstić information content (AvgIpc) is 2.81. The van der Waals surface area contributed by atoms with Gasteiger partial charge >= 0.3 is 21.1 Å². The Balaban J connectivity index is 0.00000231. The van der Waals surface area contributed by atoms with Crippen molar-refractivity contribution in [2.24, 2.45) is 9.98 Å². The predicted molar refractivity (Wildman–Crippen MR) is 127 cm³/mol. The van der Waals surface area contributed by atoms with Crippen molar-refractivity contribution in [2.45, 2.75) is 0 Å². The number of benzene rings is 5. The quantitative estimate of drug-likeness (QED) is 0.161. The Morgan fingerprint density at radius 1 is 0.516 bits per heavy atom. The Hall–Kier alpha value is -3.35. The van der Waals surface area contributed by atoms with Crippen molar-refractivity contribution in [1.29, 1.82) is 0 Å². The van der Waals surface area contributed by atoms with Crippen LogP contribution in [0.2, 0.25) is 0 Å². The van der Waals surface area contributed by atoms with Gasteiger partial charge < -0.3 is 9.98 Å². The molecule has 5 aromatic carbocycles. The van der Waals surface area contributed by atoms with Crippen molar-refractivity contribution in [3.8, 4) is 0 Å². The van der Waals surface area contributed by atoms with Gasteiger partial charge in [-0.25, -0.2) is 0 Å². The summed E-state index contributed by atoms with van der Waals surface area (Å²) in [5.41, 5.74) is 3.51. The molecule has 150 valence electrons. The van der Waals surface area contributed by atoms with E-state index in [-0.39, 0.29) is 21.1 Å². The van der Waals surface area contributed by atoms with Gasteiger partial charge in [0, 0.05) is 0 Å². The van der Waals surface area contributed by atoms with E-state index >= 15 is 0 Å². The molecule has 31 heavy (non-hydrogen) atoms. The molecule has 0 aliphatic carbocycles. The summed E-state index contributed by atoms with van der Waals surface area (Å²) < 4.78 is 0. The second-order valence-electron chi connectivity index (χ2n) is 7.04. The van der Waals surface area contributed by atoms with Crippen molar-refractivity contribution < 1.29 is 21.1 Å². The third kappa shape index (κ3) is 4.87. The molecule has 0 aliphatic heterocycles. The molecule has 0 bridgehead atoms. The molecule has 0 amide bonds. The van der Waals surface area contributed by atoms with Crippen LogP contribution < -0.4 is 0 Å². The maximum absolute atomic E-state index is 4.67. The van der Waals surface area contributed by atoms with Gasteiger partial charge in [0.1, 0.15) is 0 Å². The van der Waals surface area contributed by atoms with Crippen LogP contribution in [0.4, 0.5) is 11.4 Å². The van der Waals surface area contributed by atoms with Crippen molar-refractivity contribution in [1.82, 2.24) is 0 Å². The number of hydrogen-bond donors (Lipinski definition) is 0. The van der Waals surface area contributed by atoms with Crippen LogP contribution in [0.15, 0.2) is 107 Å². The van der Waals surface area contributed by atoms with Crippen molar-refractivity contribution in [3.05, 3.63) is 120 Å². The summed E-state index contributed by atoms with van der Waals surface area (Å²) in [4.78, 5) is 9.33. The zero-order valence-electron chi connectivity index (χ0n) is 16.6. The van der Waals surface area contributed by atoms with E-state index in [1.54, 1.807) is 0 Å². The van der Waals surface area contributed by atoms with E-state index in [0.29, 0.717) is 0 Å². The van der Waals surface area contributed by atoms with Gasteiger partial charge in [0.05, 0.1) is 11.4 Å². The van der Waals surface area contributed by atoms with Crippen LogP contribution in [0.25, 0.3) is 21.5 Å². The Kier molecular flexibility index (Phi) is 6.50. The summed E-state index contributed by atoms with van der Waals surface area (Å²) in [6.07, 6.45) is 3.67. The van der Waals surface area contributed by atoms with E-state index in [9.17, 15) is 0 Å². The van der Waals surface area contributed by atoms with E-state index in [1.807, 2.05) is 73.1 Å². The van der Waals surface area contributed by atoms with Gasteiger partial charge in [-0.05, 0) is 24.6 Å². The molecule has 0 spiro atoms. The number of fused-ring (bicyclic) bond motifs is 2. The molecule has 0 saturated carbocycles. The Morgan fingerprint density at radius 2 is 0.903 bits per heavy atom. The fourth-order valence-corrected chi connectivity index (χ4v) is 3.40. The van der Waals surface area contributed by atoms with Crippen molar-refractivity contribution in [3.63, 3.8) is 0 Å². The van der Waals surface area contributed by atoms with Gasteiger partial charge in [-0.1, -0.05) is 71.4 Å². The molecule has 0 saturated heterocycles. The van der Waals surface area contributed by atoms with Gasteiger partial charge in [0.2, 0.25) is 0 Å². The number of aliphatic imine (C=N–C) groups is 2. The van der Waals surface area contributed by atoms with Crippen LogP contribution in [-0.4, -0.2) is 12.4 Å². The fourth-order valence-electron chi connectivity index (χ4n) is 3.40. The predicted octanol–water partition coefficient (Wildman–Crippen LogP) is 7.09. The van der Waals surface area contributed by atoms with Crippen LogP contribution >= 0.6 is 0 Å². The topological polar surface area (TPSA) is 24.7 Å². The van der Waals surface area contributed by atoms with Crippen molar-refractivity contribution >= 4 is 45.3 Å². The van der Waals surface area contributed by atoms with Crippen LogP contribution in [0.1, 0.15) is 11.1 Å². The molecule has 5 rings (SSSR count). The molecular weight excluding hydrogens is 559 g/mol. The molecule has 0 unspecified atom stereocenters. The fraction of sp³-hybridized carbons (Fsp3) is 0. The van der Waals surface area contributed by atoms with Crippen LogP contribution in [0.3, 0.4) is 0 Å². The van der Waals surface area contributed by atoms with E-state index in [2.05, 4.69) is 58.5 Å². The number of hydrogen-bond acceptors (Lipinski definition) is 2. The standard InChI is InChI=1S/C28H18N2.Pt/c1-3-9-25-17-21(13-15-23(25)7-1)19-29-27-11-5-6-12-28(27)30-20-22-14-16-24-8-2-4-10-26(24)18-22;/h1-12,15-20H;/q-2;+2. The summed E-state index contributed by atoms with van der Waals surface area (Å²) in [6, 6.07) is 39.1. The molecule has 0 radical (unpaired) electrons. The van der Waals surface area contributed by atoms with Crippen LogP contribution in [0.5, 0.6) is 0 Å². The first kappa shape index (κ1) is 20.9. The molecule has 3 heteroatoms. The second-order valence-corrected chi connectivity index (χ2v) is 7.04. The molecule has 0 atom stereocenters.